The Hall–Kier alpha value is -1.10. The topological polar surface area (TPSA) is 54.8 Å². The van der Waals surface area contributed by atoms with Gasteiger partial charge in [0.15, 0.2) is 0 Å². The summed E-state index contributed by atoms with van der Waals surface area (Å²) in [5.41, 5.74) is 0. The second kappa shape index (κ2) is 4.81. The molecule has 0 spiro atoms. The largest absolute Gasteiger partial charge is 0.355 e. The van der Waals surface area contributed by atoms with Crippen LogP contribution in [0.15, 0.2) is 0 Å². The van der Waals surface area contributed by atoms with Gasteiger partial charge in [-0.15, -0.1) is 10.2 Å². The SMILES string of the molecule is CCNc1nnc(CNC)n1CC. The fraction of sp³-hybridized carbons (Fsp3) is 0.750. The average Bonchev–Trinajstić information content (AvgIpc) is 2.49. The van der Waals surface area contributed by atoms with E-state index in [0.29, 0.717) is 0 Å². The Balaban J connectivity index is 2.82. The van der Waals surface area contributed by atoms with Crippen LogP contribution >= 0.6 is 0 Å². The lowest BCUT2D eigenvalue weighted by molar-refractivity contribution is 0.660. The van der Waals surface area contributed by atoms with E-state index in [4.69, 9.17) is 0 Å². The molecule has 0 atom stereocenters. The summed E-state index contributed by atoms with van der Waals surface area (Å²) in [5, 5.41) is 14.4. The van der Waals surface area contributed by atoms with Crippen molar-refractivity contribution in [3.63, 3.8) is 0 Å². The van der Waals surface area contributed by atoms with E-state index in [1.165, 1.54) is 0 Å². The summed E-state index contributed by atoms with van der Waals surface area (Å²) in [6.07, 6.45) is 0. The van der Waals surface area contributed by atoms with E-state index in [2.05, 4.69) is 32.3 Å². The van der Waals surface area contributed by atoms with Crippen molar-refractivity contribution in [3.05, 3.63) is 5.82 Å². The van der Waals surface area contributed by atoms with Gasteiger partial charge in [0.25, 0.3) is 0 Å². The van der Waals surface area contributed by atoms with Crippen LogP contribution in [0.2, 0.25) is 0 Å². The molecule has 0 aliphatic carbocycles. The van der Waals surface area contributed by atoms with Gasteiger partial charge in [0, 0.05) is 13.1 Å². The van der Waals surface area contributed by atoms with Crippen molar-refractivity contribution < 1.29 is 0 Å². The zero-order valence-electron chi connectivity index (χ0n) is 8.46. The molecule has 0 aromatic carbocycles. The fourth-order valence-corrected chi connectivity index (χ4v) is 1.25. The van der Waals surface area contributed by atoms with Crippen molar-refractivity contribution in [2.75, 3.05) is 18.9 Å². The highest BCUT2D eigenvalue weighted by Gasteiger charge is 2.07. The molecule has 0 saturated carbocycles. The van der Waals surface area contributed by atoms with Gasteiger partial charge in [0.05, 0.1) is 6.54 Å². The molecule has 0 aliphatic rings. The Labute approximate surface area is 78.5 Å². The highest BCUT2D eigenvalue weighted by Crippen LogP contribution is 2.06. The van der Waals surface area contributed by atoms with Crippen LogP contribution in [0.1, 0.15) is 19.7 Å². The van der Waals surface area contributed by atoms with Crippen molar-refractivity contribution >= 4 is 5.95 Å². The van der Waals surface area contributed by atoms with Crippen LogP contribution in [0, 0.1) is 0 Å². The van der Waals surface area contributed by atoms with E-state index in [1.807, 2.05) is 14.0 Å². The molecule has 1 rings (SSSR count). The molecule has 0 bridgehead atoms. The van der Waals surface area contributed by atoms with Crippen molar-refractivity contribution in [1.29, 1.82) is 0 Å². The summed E-state index contributed by atoms with van der Waals surface area (Å²) >= 11 is 0. The number of rotatable bonds is 5. The zero-order chi connectivity index (χ0) is 9.68. The number of nitrogens with one attached hydrogen (secondary N) is 2. The first-order chi connectivity index (χ1) is 6.33. The van der Waals surface area contributed by atoms with E-state index in [0.717, 1.165) is 31.4 Å². The Morgan fingerprint density at radius 1 is 1.31 bits per heavy atom. The number of hydrogen-bond acceptors (Lipinski definition) is 4. The molecule has 13 heavy (non-hydrogen) atoms. The Morgan fingerprint density at radius 3 is 2.62 bits per heavy atom. The molecule has 0 fully saturated rings. The summed E-state index contributed by atoms with van der Waals surface area (Å²) < 4.78 is 2.07. The van der Waals surface area contributed by atoms with E-state index in [9.17, 15) is 0 Å². The highest BCUT2D eigenvalue weighted by atomic mass is 15.4. The van der Waals surface area contributed by atoms with Crippen molar-refractivity contribution in [3.8, 4) is 0 Å². The van der Waals surface area contributed by atoms with Crippen LogP contribution in [0.3, 0.4) is 0 Å². The monoisotopic (exact) mass is 183 g/mol. The minimum atomic E-state index is 0.756. The average molecular weight is 183 g/mol. The number of hydrogen-bond donors (Lipinski definition) is 2. The van der Waals surface area contributed by atoms with Crippen molar-refractivity contribution in [1.82, 2.24) is 20.1 Å². The second-order valence-corrected chi connectivity index (χ2v) is 2.74. The van der Waals surface area contributed by atoms with Crippen molar-refractivity contribution in [2.24, 2.45) is 0 Å². The van der Waals surface area contributed by atoms with Crippen LogP contribution < -0.4 is 10.6 Å². The van der Waals surface area contributed by atoms with Crippen LogP contribution in [-0.2, 0) is 13.1 Å². The van der Waals surface area contributed by atoms with Gasteiger partial charge in [-0.2, -0.15) is 0 Å². The van der Waals surface area contributed by atoms with Crippen LogP contribution in [0.4, 0.5) is 5.95 Å². The third kappa shape index (κ3) is 2.18. The Kier molecular flexibility index (Phi) is 3.70. The van der Waals surface area contributed by atoms with Crippen LogP contribution in [-0.4, -0.2) is 28.4 Å². The number of nitrogens with zero attached hydrogens (tertiary/aromatic N) is 3. The van der Waals surface area contributed by atoms with Gasteiger partial charge in [0.2, 0.25) is 5.95 Å². The molecule has 0 aliphatic heterocycles. The van der Waals surface area contributed by atoms with Gasteiger partial charge >= 0.3 is 0 Å². The molecule has 0 unspecified atom stereocenters. The predicted octanol–water partition coefficient (Wildman–Crippen LogP) is 0.449. The van der Waals surface area contributed by atoms with Gasteiger partial charge in [0.1, 0.15) is 5.82 Å². The summed E-state index contributed by atoms with van der Waals surface area (Å²) in [4.78, 5) is 0. The quantitative estimate of drug-likeness (QED) is 0.696. The Morgan fingerprint density at radius 2 is 2.08 bits per heavy atom. The van der Waals surface area contributed by atoms with Crippen LogP contribution in [0.25, 0.3) is 0 Å². The standard InChI is InChI=1S/C8H17N5/c1-4-10-8-12-11-7(6-9-3)13(8)5-2/h9H,4-6H2,1-3H3,(H,10,12). The van der Waals surface area contributed by atoms with E-state index >= 15 is 0 Å². The van der Waals surface area contributed by atoms with Crippen LogP contribution in [0.5, 0.6) is 0 Å². The molecular formula is C8H17N5. The third-order valence-electron chi connectivity index (χ3n) is 1.81. The molecule has 74 valence electrons. The maximum Gasteiger partial charge on any atom is 0.224 e. The maximum atomic E-state index is 4.08. The zero-order valence-corrected chi connectivity index (χ0v) is 8.46. The molecule has 1 heterocycles. The molecule has 1 aromatic heterocycles. The molecule has 0 radical (unpaired) electrons. The number of aromatic nitrogens is 3. The second-order valence-electron chi connectivity index (χ2n) is 2.74. The van der Waals surface area contributed by atoms with E-state index < -0.39 is 0 Å². The molecule has 1 aromatic rings. The summed E-state index contributed by atoms with van der Waals surface area (Å²) in [7, 11) is 1.90. The normalized spacial score (nSPS) is 10.4. The van der Waals surface area contributed by atoms with E-state index in [-0.39, 0.29) is 0 Å². The van der Waals surface area contributed by atoms with Gasteiger partial charge < -0.3 is 10.6 Å². The first-order valence-electron chi connectivity index (χ1n) is 4.64. The number of anilines is 1. The molecular weight excluding hydrogens is 166 g/mol. The lowest BCUT2D eigenvalue weighted by Gasteiger charge is -2.06. The molecule has 5 heteroatoms. The van der Waals surface area contributed by atoms with Gasteiger partial charge in [-0.25, -0.2) is 0 Å². The molecule has 2 N–H and O–H groups in total. The van der Waals surface area contributed by atoms with Gasteiger partial charge in [-0.1, -0.05) is 0 Å². The highest BCUT2D eigenvalue weighted by molar-refractivity contribution is 5.25. The summed E-state index contributed by atoms with van der Waals surface area (Å²) in [5.74, 6) is 1.83. The van der Waals surface area contributed by atoms with Gasteiger partial charge in [-0.3, -0.25) is 4.57 Å². The third-order valence-corrected chi connectivity index (χ3v) is 1.81. The smallest absolute Gasteiger partial charge is 0.224 e. The first-order valence-corrected chi connectivity index (χ1v) is 4.64. The molecule has 5 nitrogen and oxygen atoms in total. The lowest BCUT2D eigenvalue weighted by atomic mass is 10.5. The van der Waals surface area contributed by atoms with Crippen molar-refractivity contribution in [2.45, 2.75) is 26.9 Å². The molecule has 0 amide bonds. The maximum absolute atomic E-state index is 4.08. The fourth-order valence-electron chi connectivity index (χ4n) is 1.25. The first kappa shape index (κ1) is 9.98. The summed E-state index contributed by atoms with van der Waals surface area (Å²) in [6.45, 7) is 6.66. The lowest BCUT2D eigenvalue weighted by Crippen LogP contribution is -2.13. The minimum absolute atomic E-state index is 0.756. The summed E-state index contributed by atoms with van der Waals surface area (Å²) in [6, 6.07) is 0. The predicted molar refractivity (Wildman–Crippen MR) is 52.6 cm³/mol. The minimum Gasteiger partial charge on any atom is -0.355 e. The van der Waals surface area contributed by atoms with E-state index in [1.54, 1.807) is 0 Å². The Bertz CT molecular complexity index is 232. The molecule has 0 saturated heterocycles. The van der Waals surface area contributed by atoms with Gasteiger partial charge in [-0.05, 0) is 20.9 Å².